The van der Waals surface area contributed by atoms with E-state index >= 15 is 0 Å². The Kier molecular flexibility index (Phi) is 37.4. The van der Waals surface area contributed by atoms with Crippen molar-refractivity contribution in [1.29, 1.82) is 0 Å². The number of carbonyl (C=O) groups is 4. The molecule has 0 heterocycles. The van der Waals surface area contributed by atoms with Crippen molar-refractivity contribution in [3.63, 3.8) is 0 Å². The number of esters is 2. The van der Waals surface area contributed by atoms with Crippen LogP contribution in [0.1, 0.15) is 245 Å². The molecular weight excluding hydrogens is 763 g/mol. The maximum atomic E-state index is 12.9. The zero-order valence-corrected chi connectivity index (χ0v) is 40.7. The number of hydrogen-bond acceptors (Lipinski definition) is 9. The number of ketones is 2. The highest BCUT2D eigenvalue weighted by Crippen LogP contribution is 2.21. The minimum Gasteiger partial charge on any atom is -0.466 e. The first kappa shape index (κ1) is 56.6. The predicted octanol–water partition coefficient (Wildman–Crippen LogP) is 13.0. The number of carbonyl (C=O) groups excluding carboxylic acids is 4. The Bertz CT molecular complexity index is 1120. The molecule has 0 atom stereocenters. The molecule has 1 aliphatic carbocycles. The van der Waals surface area contributed by atoms with E-state index in [0.29, 0.717) is 31.7 Å². The van der Waals surface area contributed by atoms with E-state index in [9.17, 15) is 19.2 Å². The van der Waals surface area contributed by atoms with E-state index in [0.717, 1.165) is 122 Å². The third-order valence-corrected chi connectivity index (χ3v) is 12.4. The molecular formula is C52H97N3O6. The van der Waals surface area contributed by atoms with E-state index in [-0.39, 0.29) is 30.2 Å². The van der Waals surface area contributed by atoms with Gasteiger partial charge in [-0.15, -0.1) is 0 Å². The smallest absolute Gasteiger partial charge is 0.306 e. The summed E-state index contributed by atoms with van der Waals surface area (Å²) in [5, 5.41) is 3.29. The van der Waals surface area contributed by atoms with Gasteiger partial charge in [0, 0.05) is 39.2 Å². The lowest BCUT2D eigenvalue weighted by atomic mass is 10.0. The summed E-state index contributed by atoms with van der Waals surface area (Å²) in [6.07, 6.45) is 38.7. The number of Topliss-reactive ketones (excluding diaryl/α,β-unsaturated/α-hetero) is 2. The van der Waals surface area contributed by atoms with Gasteiger partial charge in [-0.3, -0.25) is 19.2 Å². The quantitative estimate of drug-likeness (QED) is 0.0364. The van der Waals surface area contributed by atoms with E-state index < -0.39 is 5.78 Å². The monoisotopic (exact) mass is 860 g/mol. The van der Waals surface area contributed by atoms with Crippen molar-refractivity contribution >= 4 is 23.5 Å². The molecule has 0 bridgehead atoms. The molecule has 0 amide bonds. The molecule has 0 aromatic rings. The van der Waals surface area contributed by atoms with E-state index in [4.69, 9.17) is 9.47 Å². The van der Waals surface area contributed by atoms with Gasteiger partial charge in [-0.25, -0.2) is 0 Å². The van der Waals surface area contributed by atoms with Crippen molar-refractivity contribution in [3.05, 3.63) is 11.4 Å². The molecule has 61 heavy (non-hydrogen) atoms. The number of nitrogens with one attached hydrogen (secondary N) is 1. The standard InChI is InChI=1S/C52H97N3O6/c1-6-9-12-15-18-27-34-44-60-49(57)38-30-23-19-25-32-41-55(43-35-40-53-51-47(54(4)5)45-48(56)52(51)59)42-33-26-20-24-31-39-50(58)61-46(36-28-21-16-13-10-7-2)37-29-22-17-14-11-8-3/h46,53H,6-45H2,1-5H3. The van der Waals surface area contributed by atoms with Gasteiger partial charge in [0.2, 0.25) is 11.6 Å². The lowest BCUT2D eigenvalue weighted by Gasteiger charge is -2.23. The Labute approximate surface area is 376 Å². The Morgan fingerprint density at radius 2 is 0.967 bits per heavy atom. The van der Waals surface area contributed by atoms with Gasteiger partial charge in [-0.2, -0.15) is 0 Å². The molecule has 0 radical (unpaired) electrons. The predicted molar refractivity (Wildman–Crippen MR) is 255 cm³/mol. The van der Waals surface area contributed by atoms with E-state index in [1.54, 1.807) is 0 Å². The van der Waals surface area contributed by atoms with Gasteiger partial charge in [0.25, 0.3) is 0 Å². The number of nitrogens with zero attached hydrogens (tertiary/aromatic N) is 2. The van der Waals surface area contributed by atoms with Gasteiger partial charge in [0.05, 0.1) is 13.0 Å². The van der Waals surface area contributed by atoms with Crippen LogP contribution in [0.25, 0.3) is 0 Å². The van der Waals surface area contributed by atoms with Crippen LogP contribution in [0.5, 0.6) is 0 Å². The number of unbranched alkanes of at least 4 members (excludes halogenated alkanes) is 24. The first-order valence-corrected chi connectivity index (χ1v) is 26.0. The maximum Gasteiger partial charge on any atom is 0.306 e. The molecule has 0 saturated carbocycles. The third kappa shape index (κ3) is 32.0. The molecule has 9 heteroatoms. The maximum absolute atomic E-state index is 12.9. The third-order valence-electron chi connectivity index (χ3n) is 12.4. The first-order valence-electron chi connectivity index (χ1n) is 26.0. The first-order chi connectivity index (χ1) is 29.7. The second kappa shape index (κ2) is 40.4. The van der Waals surface area contributed by atoms with Crippen molar-refractivity contribution in [1.82, 2.24) is 15.1 Å². The van der Waals surface area contributed by atoms with Crippen LogP contribution < -0.4 is 5.32 Å². The summed E-state index contributed by atoms with van der Waals surface area (Å²) in [7, 11) is 3.76. The summed E-state index contributed by atoms with van der Waals surface area (Å²) in [6, 6.07) is 0. The van der Waals surface area contributed by atoms with Crippen molar-refractivity contribution in [2.24, 2.45) is 0 Å². The summed E-state index contributed by atoms with van der Waals surface area (Å²) < 4.78 is 11.5. The molecule has 1 N–H and O–H groups in total. The second-order valence-electron chi connectivity index (χ2n) is 18.4. The van der Waals surface area contributed by atoms with Gasteiger partial charge in [-0.05, 0) is 83.8 Å². The number of hydrogen-bond donors (Lipinski definition) is 1. The fourth-order valence-electron chi connectivity index (χ4n) is 8.41. The Balaban J connectivity index is 2.42. The summed E-state index contributed by atoms with van der Waals surface area (Å²) in [5.74, 6) is -0.774. The molecule has 0 fully saturated rings. The lowest BCUT2D eigenvalue weighted by Crippen LogP contribution is -2.31. The molecule has 356 valence electrons. The summed E-state index contributed by atoms with van der Waals surface area (Å²) in [6.45, 7) is 11.0. The lowest BCUT2D eigenvalue weighted by molar-refractivity contribution is -0.150. The van der Waals surface area contributed by atoms with E-state index in [1.807, 2.05) is 19.0 Å². The SMILES string of the molecule is CCCCCCCCCOC(=O)CCCCCCCN(CCCCCCCC(=O)OC(CCCCCCCC)CCCCCCCC)CCCNC1=C(N(C)C)CC(=O)C1=O. The fraction of sp³-hybridized carbons (Fsp3) is 0.885. The van der Waals surface area contributed by atoms with Crippen LogP contribution >= 0.6 is 0 Å². The van der Waals surface area contributed by atoms with E-state index in [1.165, 1.54) is 109 Å². The zero-order valence-electron chi connectivity index (χ0n) is 40.7. The minimum atomic E-state index is -0.392. The highest BCUT2D eigenvalue weighted by atomic mass is 16.5. The molecule has 9 nitrogen and oxygen atoms in total. The van der Waals surface area contributed by atoms with Gasteiger partial charge in [0.15, 0.2) is 0 Å². The largest absolute Gasteiger partial charge is 0.466 e. The summed E-state index contributed by atoms with van der Waals surface area (Å²) in [4.78, 5) is 54.0. The minimum absolute atomic E-state index is 0.00220. The van der Waals surface area contributed by atoms with E-state index in [2.05, 4.69) is 31.0 Å². The Morgan fingerprint density at radius 3 is 1.48 bits per heavy atom. The van der Waals surface area contributed by atoms with Crippen LogP contribution in [0.2, 0.25) is 0 Å². The number of ether oxygens (including phenoxy) is 2. The molecule has 0 saturated heterocycles. The zero-order chi connectivity index (χ0) is 44.6. The van der Waals surface area contributed by atoms with Crippen LogP contribution in [-0.4, -0.2) is 86.3 Å². The Hall–Kier alpha value is -2.42. The molecule has 0 aromatic carbocycles. The fourth-order valence-corrected chi connectivity index (χ4v) is 8.41. The molecule has 1 rings (SSSR count). The highest BCUT2D eigenvalue weighted by molar-refractivity contribution is 6.46. The van der Waals surface area contributed by atoms with Crippen LogP contribution in [-0.2, 0) is 28.7 Å². The van der Waals surface area contributed by atoms with Gasteiger partial charge >= 0.3 is 11.9 Å². The van der Waals surface area contributed by atoms with Crippen molar-refractivity contribution < 1.29 is 28.7 Å². The Morgan fingerprint density at radius 1 is 0.541 bits per heavy atom. The number of allylic oxidation sites excluding steroid dienone is 2. The van der Waals surface area contributed by atoms with Crippen LogP contribution in [0.4, 0.5) is 0 Å². The molecule has 0 spiro atoms. The van der Waals surface area contributed by atoms with Crippen molar-refractivity contribution in [3.8, 4) is 0 Å². The molecule has 0 aromatic heterocycles. The van der Waals surface area contributed by atoms with Crippen molar-refractivity contribution in [2.45, 2.75) is 252 Å². The average Bonchev–Trinajstić information content (AvgIpc) is 3.53. The summed E-state index contributed by atoms with van der Waals surface area (Å²) >= 11 is 0. The summed E-state index contributed by atoms with van der Waals surface area (Å²) in [5.41, 5.74) is 1.25. The van der Waals surface area contributed by atoms with Gasteiger partial charge in [0.1, 0.15) is 11.8 Å². The molecule has 0 unspecified atom stereocenters. The van der Waals surface area contributed by atoms with Crippen LogP contribution in [0.15, 0.2) is 11.4 Å². The van der Waals surface area contributed by atoms with Crippen molar-refractivity contribution in [2.75, 3.05) is 46.9 Å². The highest BCUT2D eigenvalue weighted by Gasteiger charge is 2.32. The topological polar surface area (TPSA) is 105 Å². The van der Waals surface area contributed by atoms with Gasteiger partial charge < -0.3 is 24.6 Å². The average molecular weight is 860 g/mol. The van der Waals surface area contributed by atoms with Gasteiger partial charge in [-0.1, -0.05) is 162 Å². The second-order valence-corrected chi connectivity index (χ2v) is 18.4. The molecule has 1 aliphatic rings. The molecule has 0 aliphatic heterocycles. The van der Waals surface area contributed by atoms with Crippen LogP contribution in [0, 0.1) is 0 Å². The van der Waals surface area contributed by atoms with Crippen LogP contribution in [0.3, 0.4) is 0 Å². The normalized spacial score (nSPS) is 13.0. The number of rotatable bonds is 45.